The molecule has 1 N–H and O–H groups in total. The molecule has 3 saturated heterocycles. The molecule has 1 aromatic carbocycles. The van der Waals surface area contributed by atoms with Crippen molar-refractivity contribution in [2.45, 2.75) is 58.0 Å². The van der Waals surface area contributed by atoms with Crippen molar-refractivity contribution >= 4 is 17.7 Å². The first-order chi connectivity index (χ1) is 13.9. The molecule has 3 heterocycles. The largest absolute Gasteiger partial charge is 0.354 e. The quantitative estimate of drug-likeness (QED) is 0.844. The van der Waals surface area contributed by atoms with Crippen LogP contribution < -0.4 is 5.32 Å². The van der Waals surface area contributed by atoms with Gasteiger partial charge in [-0.2, -0.15) is 0 Å². The Morgan fingerprint density at radius 1 is 1.21 bits per heavy atom. The Labute approximate surface area is 172 Å². The highest BCUT2D eigenvalue weighted by Gasteiger charge is 2.49. The van der Waals surface area contributed by atoms with Crippen molar-refractivity contribution in [3.05, 3.63) is 35.4 Å². The maximum absolute atomic E-state index is 12.8. The number of hydrogen-bond donors (Lipinski definition) is 1. The lowest BCUT2D eigenvalue weighted by molar-refractivity contribution is -0.156. The number of hydrogen-bond acceptors (Lipinski definition) is 3. The summed E-state index contributed by atoms with van der Waals surface area (Å²) in [5.74, 6) is 0.900. The number of amides is 3. The van der Waals surface area contributed by atoms with Crippen molar-refractivity contribution in [1.29, 1.82) is 0 Å². The number of nitrogens with zero attached hydrogens (tertiary/aromatic N) is 2. The average molecular weight is 398 g/mol. The molecule has 3 fully saturated rings. The summed E-state index contributed by atoms with van der Waals surface area (Å²) in [5.41, 5.74) is 2.14. The molecule has 6 heteroatoms. The molecule has 0 radical (unpaired) electrons. The summed E-state index contributed by atoms with van der Waals surface area (Å²) >= 11 is 0. The van der Waals surface area contributed by atoms with Gasteiger partial charge in [-0.05, 0) is 43.6 Å². The van der Waals surface area contributed by atoms with Crippen LogP contribution in [0.5, 0.6) is 0 Å². The van der Waals surface area contributed by atoms with Gasteiger partial charge in [-0.15, -0.1) is 0 Å². The monoisotopic (exact) mass is 397 g/mol. The van der Waals surface area contributed by atoms with Crippen molar-refractivity contribution < 1.29 is 14.4 Å². The van der Waals surface area contributed by atoms with Crippen LogP contribution in [0.3, 0.4) is 0 Å². The number of likely N-dealkylation sites (tertiary alicyclic amines) is 1. The van der Waals surface area contributed by atoms with Gasteiger partial charge >= 0.3 is 0 Å². The van der Waals surface area contributed by atoms with Crippen molar-refractivity contribution in [2.75, 3.05) is 19.6 Å². The number of piperidine rings is 3. The Hall–Kier alpha value is -2.37. The van der Waals surface area contributed by atoms with E-state index in [-0.39, 0.29) is 35.7 Å². The first-order valence-corrected chi connectivity index (χ1v) is 10.8. The summed E-state index contributed by atoms with van der Waals surface area (Å²) in [6, 6.07) is 8.16. The summed E-state index contributed by atoms with van der Waals surface area (Å²) in [5, 5.41) is 3.08. The molecule has 0 spiro atoms. The third kappa shape index (κ3) is 4.16. The number of fused-ring (bicyclic) bond motifs is 4. The summed E-state index contributed by atoms with van der Waals surface area (Å²) in [7, 11) is 0. The molecule has 3 aliphatic rings. The SMILES string of the molecule is CC(=O)N1C[C@H]2C[C@@H](C1)[C@H](CNC(=O)Cc1cccc(C)c1)N1C(=O)CCC[C@@H]21. The summed E-state index contributed by atoms with van der Waals surface area (Å²) in [6.07, 6.45) is 3.91. The standard InChI is InChI=1S/C23H31N3O3/c1-15-5-3-6-17(9-15)10-22(28)24-12-21-19-11-18(13-25(14-19)16(2)27)20-7-4-8-23(29)26(20)21/h3,5-6,9,18-21H,4,7-8,10-14H2,1-2H3,(H,24,28)/t18-,19+,20+,21+/m1/s1. The molecule has 0 unspecified atom stereocenters. The smallest absolute Gasteiger partial charge is 0.224 e. The predicted octanol–water partition coefficient (Wildman–Crippen LogP) is 1.90. The molecule has 29 heavy (non-hydrogen) atoms. The number of carbonyl (C=O) groups is 3. The predicted molar refractivity (Wildman–Crippen MR) is 110 cm³/mol. The highest BCUT2D eigenvalue weighted by Crippen LogP contribution is 2.41. The van der Waals surface area contributed by atoms with E-state index < -0.39 is 0 Å². The zero-order valence-corrected chi connectivity index (χ0v) is 17.4. The molecule has 2 bridgehead atoms. The van der Waals surface area contributed by atoms with Gasteiger partial charge < -0.3 is 15.1 Å². The molecule has 1 aromatic rings. The molecule has 4 rings (SSSR count). The van der Waals surface area contributed by atoms with E-state index in [0.29, 0.717) is 31.8 Å². The highest BCUT2D eigenvalue weighted by atomic mass is 16.2. The fourth-order valence-corrected chi connectivity index (χ4v) is 5.58. The van der Waals surface area contributed by atoms with Gasteiger partial charge in [-0.1, -0.05) is 29.8 Å². The second-order valence-electron chi connectivity index (χ2n) is 8.98. The van der Waals surface area contributed by atoms with E-state index in [1.165, 1.54) is 0 Å². The van der Waals surface area contributed by atoms with E-state index in [2.05, 4.69) is 10.2 Å². The Balaban J connectivity index is 1.47. The first-order valence-electron chi connectivity index (χ1n) is 10.8. The third-order valence-corrected chi connectivity index (χ3v) is 6.90. The van der Waals surface area contributed by atoms with Gasteiger partial charge in [0.1, 0.15) is 0 Å². The van der Waals surface area contributed by atoms with Crippen molar-refractivity contribution in [1.82, 2.24) is 15.1 Å². The molecule has 0 aromatic heterocycles. The molecular formula is C23H31N3O3. The van der Waals surface area contributed by atoms with E-state index in [0.717, 1.165) is 36.9 Å². The van der Waals surface area contributed by atoms with Crippen molar-refractivity contribution in [3.63, 3.8) is 0 Å². The van der Waals surface area contributed by atoms with Crippen LogP contribution in [-0.4, -0.2) is 59.2 Å². The Morgan fingerprint density at radius 2 is 2.00 bits per heavy atom. The van der Waals surface area contributed by atoms with Crippen LogP contribution in [0, 0.1) is 18.8 Å². The molecule has 6 nitrogen and oxygen atoms in total. The highest BCUT2D eigenvalue weighted by molar-refractivity contribution is 5.80. The van der Waals surface area contributed by atoms with Gasteiger partial charge in [0.05, 0.1) is 12.5 Å². The van der Waals surface area contributed by atoms with E-state index in [1.54, 1.807) is 6.92 Å². The van der Waals surface area contributed by atoms with Crippen LogP contribution in [-0.2, 0) is 20.8 Å². The number of nitrogens with one attached hydrogen (secondary N) is 1. The maximum atomic E-state index is 12.8. The second-order valence-corrected chi connectivity index (χ2v) is 8.98. The molecule has 4 atom stereocenters. The van der Waals surface area contributed by atoms with Crippen molar-refractivity contribution in [3.8, 4) is 0 Å². The van der Waals surface area contributed by atoms with Gasteiger partial charge in [-0.25, -0.2) is 0 Å². The van der Waals surface area contributed by atoms with Gasteiger partial charge in [0.25, 0.3) is 0 Å². The van der Waals surface area contributed by atoms with E-state index in [1.807, 2.05) is 36.1 Å². The van der Waals surface area contributed by atoms with Gasteiger partial charge in [-0.3, -0.25) is 14.4 Å². The van der Waals surface area contributed by atoms with Crippen LogP contribution in [0.2, 0.25) is 0 Å². The van der Waals surface area contributed by atoms with E-state index >= 15 is 0 Å². The lowest BCUT2D eigenvalue weighted by atomic mass is 9.72. The average Bonchev–Trinajstić information content (AvgIpc) is 2.68. The molecule has 0 aliphatic carbocycles. The fourth-order valence-electron chi connectivity index (χ4n) is 5.58. The van der Waals surface area contributed by atoms with Crippen molar-refractivity contribution in [2.24, 2.45) is 11.8 Å². The Morgan fingerprint density at radius 3 is 2.76 bits per heavy atom. The Kier molecular flexibility index (Phi) is 5.61. The molecule has 3 amide bonds. The van der Waals surface area contributed by atoms with Crippen LogP contribution in [0.15, 0.2) is 24.3 Å². The maximum Gasteiger partial charge on any atom is 0.224 e. The van der Waals surface area contributed by atoms with E-state index in [4.69, 9.17) is 0 Å². The van der Waals surface area contributed by atoms with Crippen LogP contribution >= 0.6 is 0 Å². The van der Waals surface area contributed by atoms with E-state index in [9.17, 15) is 14.4 Å². The van der Waals surface area contributed by atoms with Crippen LogP contribution in [0.4, 0.5) is 0 Å². The number of carbonyl (C=O) groups excluding carboxylic acids is 3. The lowest BCUT2D eigenvalue weighted by Gasteiger charge is -2.56. The van der Waals surface area contributed by atoms with Gasteiger partial charge in [0.15, 0.2) is 0 Å². The first kappa shape index (κ1) is 19.9. The zero-order valence-electron chi connectivity index (χ0n) is 17.4. The minimum Gasteiger partial charge on any atom is -0.354 e. The summed E-state index contributed by atoms with van der Waals surface area (Å²) in [4.78, 5) is 41.4. The number of rotatable bonds is 4. The molecular weight excluding hydrogens is 366 g/mol. The molecule has 156 valence electrons. The summed E-state index contributed by atoms with van der Waals surface area (Å²) < 4.78 is 0. The van der Waals surface area contributed by atoms with Gasteiger partial charge in [0, 0.05) is 39.0 Å². The lowest BCUT2D eigenvalue weighted by Crippen LogP contribution is -2.67. The summed E-state index contributed by atoms with van der Waals surface area (Å²) in [6.45, 7) is 5.55. The minimum absolute atomic E-state index is 0.0158. The number of aryl methyl sites for hydroxylation is 1. The molecule has 0 saturated carbocycles. The number of benzene rings is 1. The molecule has 3 aliphatic heterocycles. The van der Waals surface area contributed by atoms with Crippen LogP contribution in [0.1, 0.15) is 43.7 Å². The minimum atomic E-state index is -0.0207. The fraction of sp³-hybridized carbons (Fsp3) is 0.609. The normalized spacial score (nSPS) is 28.7. The Bertz CT molecular complexity index is 808. The zero-order chi connectivity index (χ0) is 20.5. The third-order valence-electron chi connectivity index (χ3n) is 6.90. The van der Waals surface area contributed by atoms with Gasteiger partial charge in [0.2, 0.25) is 17.7 Å². The topological polar surface area (TPSA) is 69.7 Å². The second kappa shape index (κ2) is 8.17. The van der Waals surface area contributed by atoms with Crippen LogP contribution in [0.25, 0.3) is 0 Å².